The Hall–Kier alpha value is -0.850. The Balaban J connectivity index is 0.00000180. The molecule has 1 N–H and O–H groups in total. The Kier molecular flexibility index (Phi) is 5.18. The minimum absolute atomic E-state index is 0. The van der Waals surface area contributed by atoms with E-state index in [4.69, 9.17) is 4.42 Å². The monoisotopic (exact) mass is 274 g/mol. The fraction of sp³-hybridized carbons (Fsp3) is 0.583. The van der Waals surface area contributed by atoms with Gasteiger partial charge in [-0.15, -0.1) is 0 Å². The van der Waals surface area contributed by atoms with Gasteiger partial charge in [-0.2, -0.15) is 0 Å². The molecule has 2 rings (SSSR count). The van der Waals surface area contributed by atoms with Crippen LogP contribution in [0, 0.1) is 17.3 Å². The molecule has 1 aliphatic rings. The molecule has 1 amide bonds. The van der Waals surface area contributed by atoms with Gasteiger partial charge in [-0.25, -0.2) is 4.98 Å². The topological polar surface area (TPSA) is 95.3 Å². The van der Waals surface area contributed by atoms with Crippen LogP contribution in [0.25, 0.3) is 0 Å². The number of carboxylic acids is 1. The molecule has 19 heavy (non-hydrogen) atoms. The van der Waals surface area contributed by atoms with E-state index in [1.807, 2.05) is 0 Å². The van der Waals surface area contributed by atoms with Crippen molar-refractivity contribution in [1.29, 1.82) is 0 Å². The molecule has 1 aromatic rings. The van der Waals surface area contributed by atoms with Crippen LogP contribution in [0.2, 0.25) is 0 Å². The molecule has 0 aliphatic heterocycles. The summed E-state index contributed by atoms with van der Waals surface area (Å²) in [6.07, 6.45) is 3.05. The average Bonchev–Trinajstić information content (AvgIpc) is 2.89. The second-order valence-corrected chi connectivity index (χ2v) is 4.94. The summed E-state index contributed by atoms with van der Waals surface area (Å²) in [5, 5.41) is 13.8. The zero-order chi connectivity index (χ0) is 13.3. The number of aromatic nitrogens is 1. The number of nitrogens with one attached hydrogen (secondary N) is 1. The molecule has 6 nitrogen and oxygen atoms in total. The van der Waals surface area contributed by atoms with E-state index in [0.717, 1.165) is 0 Å². The van der Waals surface area contributed by atoms with Crippen LogP contribution in [0.15, 0.2) is 17.1 Å². The SMILES string of the molecule is CC(C)C1(C(=O)[O-])CC1C(=O)NCc1cocn1.[Na+]. The molecule has 1 aliphatic carbocycles. The number of nitrogens with zero attached hydrogens (tertiary/aromatic N) is 1. The number of rotatable bonds is 5. The van der Waals surface area contributed by atoms with Gasteiger partial charge in [0.1, 0.15) is 6.26 Å². The number of hydrogen-bond donors (Lipinski definition) is 1. The summed E-state index contributed by atoms with van der Waals surface area (Å²) in [6.45, 7) is 3.83. The summed E-state index contributed by atoms with van der Waals surface area (Å²) in [7, 11) is 0. The Morgan fingerprint density at radius 3 is 2.74 bits per heavy atom. The number of carbonyl (C=O) groups is 2. The predicted octanol–water partition coefficient (Wildman–Crippen LogP) is -3.29. The van der Waals surface area contributed by atoms with Crippen LogP contribution < -0.4 is 40.0 Å². The van der Waals surface area contributed by atoms with Crippen LogP contribution in [-0.2, 0) is 16.1 Å². The summed E-state index contributed by atoms with van der Waals surface area (Å²) in [6, 6.07) is 0. The Morgan fingerprint density at radius 2 is 2.32 bits per heavy atom. The number of hydrogen-bond acceptors (Lipinski definition) is 5. The Labute approximate surface area is 133 Å². The molecular weight excluding hydrogens is 259 g/mol. The number of aliphatic carboxylic acids is 1. The smallest absolute Gasteiger partial charge is 0.550 e. The maximum Gasteiger partial charge on any atom is 1.00 e. The van der Waals surface area contributed by atoms with Crippen molar-refractivity contribution in [3.63, 3.8) is 0 Å². The summed E-state index contributed by atoms with van der Waals surface area (Å²) < 4.78 is 4.77. The van der Waals surface area contributed by atoms with Crippen molar-refractivity contribution < 1.29 is 48.7 Å². The van der Waals surface area contributed by atoms with Gasteiger partial charge in [0.25, 0.3) is 0 Å². The number of oxazole rings is 1. The quantitative estimate of drug-likeness (QED) is 0.568. The van der Waals surface area contributed by atoms with Gasteiger partial charge in [0, 0.05) is 17.3 Å². The van der Waals surface area contributed by atoms with Crippen molar-refractivity contribution in [2.24, 2.45) is 17.3 Å². The third-order valence-corrected chi connectivity index (χ3v) is 3.66. The fourth-order valence-corrected chi connectivity index (χ4v) is 2.33. The Morgan fingerprint density at radius 1 is 1.63 bits per heavy atom. The van der Waals surface area contributed by atoms with Gasteiger partial charge in [0.15, 0.2) is 6.39 Å². The van der Waals surface area contributed by atoms with Gasteiger partial charge >= 0.3 is 29.6 Å². The molecule has 1 fully saturated rings. The zero-order valence-corrected chi connectivity index (χ0v) is 13.3. The minimum atomic E-state index is -1.14. The first-order chi connectivity index (χ1) is 8.48. The fourth-order valence-electron chi connectivity index (χ4n) is 2.33. The van der Waals surface area contributed by atoms with Crippen molar-refractivity contribution in [3.05, 3.63) is 18.4 Å². The third-order valence-electron chi connectivity index (χ3n) is 3.66. The second kappa shape index (κ2) is 6.07. The van der Waals surface area contributed by atoms with E-state index in [2.05, 4.69) is 10.3 Å². The Bertz CT molecular complexity index is 460. The van der Waals surface area contributed by atoms with Crippen molar-refractivity contribution in [2.75, 3.05) is 0 Å². The molecule has 0 aromatic carbocycles. The van der Waals surface area contributed by atoms with E-state index in [-0.39, 0.29) is 47.9 Å². The van der Waals surface area contributed by atoms with E-state index in [1.54, 1.807) is 13.8 Å². The average molecular weight is 274 g/mol. The largest absolute Gasteiger partial charge is 1.00 e. The van der Waals surface area contributed by atoms with E-state index in [0.29, 0.717) is 12.1 Å². The summed E-state index contributed by atoms with van der Waals surface area (Å²) in [4.78, 5) is 26.9. The number of carbonyl (C=O) groups excluding carboxylic acids is 2. The molecule has 1 aromatic heterocycles. The number of amides is 1. The van der Waals surface area contributed by atoms with Crippen LogP contribution >= 0.6 is 0 Å². The summed E-state index contributed by atoms with van der Waals surface area (Å²) >= 11 is 0. The first kappa shape index (κ1) is 16.2. The first-order valence-electron chi connectivity index (χ1n) is 5.84. The maximum atomic E-state index is 11.9. The van der Waals surface area contributed by atoms with E-state index < -0.39 is 17.3 Å². The standard InChI is InChI=1S/C12H16N2O4.Na/c1-7(2)12(11(16)17)3-9(12)10(15)13-4-8-5-18-6-14-8;/h5-7,9H,3-4H2,1-2H3,(H,13,15)(H,16,17);/q;+1/p-1. The molecule has 0 saturated heterocycles. The molecule has 7 heteroatoms. The molecule has 2 atom stereocenters. The van der Waals surface area contributed by atoms with E-state index >= 15 is 0 Å². The van der Waals surface area contributed by atoms with Gasteiger partial charge in [0.2, 0.25) is 5.91 Å². The maximum absolute atomic E-state index is 11.9. The molecule has 0 bridgehead atoms. The van der Waals surface area contributed by atoms with Crippen LogP contribution in [0.5, 0.6) is 0 Å². The van der Waals surface area contributed by atoms with Crippen LogP contribution in [-0.4, -0.2) is 16.9 Å². The zero-order valence-electron chi connectivity index (χ0n) is 11.3. The van der Waals surface area contributed by atoms with Crippen molar-refractivity contribution in [3.8, 4) is 0 Å². The normalized spacial score (nSPS) is 24.7. The molecular formula is C12H15N2NaO4. The van der Waals surface area contributed by atoms with E-state index in [1.165, 1.54) is 12.7 Å². The molecule has 1 heterocycles. The molecule has 2 unspecified atom stereocenters. The molecule has 0 spiro atoms. The third kappa shape index (κ3) is 3.01. The second-order valence-electron chi connectivity index (χ2n) is 4.94. The van der Waals surface area contributed by atoms with Gasteiger partial charge in [-0.3, -0.25) is 4.79 Å². The van der Waals surface area contributed by atoms with Crippen LogP contribution in [0.3, 0.4) is 0 Å². The molecule has 1 saturated carbocycles. The van der Waals surface area contributed by atoms with Crippen molar-refractivity contribution in [2.45, 2.75) is 26.8 Å². The van der Waals surface area contributed by atoms with Gasteiger partial charge in [0.05, 0.1) is 12.2 Å². The first-order valence-corrected chi connectivity index (χ1v) is 5.84. The van der Waals surface area contributed by atoms with Gasteiger partial charge in [-0.05, 0) is 12.3 Å². The van der Waals surface area contributed by atoms with Gasteiger partial charge < -0.3 is 19.6 Å². The van der Waals surface area contributed by atoms with Crippen molar-refractivity contribution >= 4 is 11.9 Å². The van der Waals surface area contributed by atoms with Crippen molar-refractivity contribution in [1.82, 2.24) is 10.3 Å². The number of carboxylic acid groups (broad SMARTS) is 1. The van der Waals surface area contributed by atoms with E-state index in [9.17, 15) is 14.7 Å². The molecule has 0 radical (unpaired) electrons. The van der Waals surface area contributed by atoms with Gasteiger partial charge in [-0.1, -0.05) is 13.8 Å². The predicted molar refractivity (Wildman–Crippen MR) is 58.7 cm³/mol. The van der Waals surface area contributed by atoms with Crippen LogP contribution in [0.4, 0.5) is 0 Å². The summed E-state index contributed by atoms with van der Waals surface area (Å²) in [5.74, 6) is -2.03. The minimum Gasteiger partial charge on any atom is -0.550 e. The molecule has 98 valence electrons. The summed E-state index contributed by atoms with van der Waals surface area (Å²) in [5.41, 5.74) is -0.402. The van der Waals surface area contributed by atoms with Crippen LogP contribution in [0.1, 0.15) is 26.0 Å².